The van der Waals surface area contributed by atoms with Crippen LogP contribution in [0.2, 0.25) is 0 Å². The third-order valence-corrected chi connectivity index (χ3v) is 4.94. The lowest BCUT2D eigenvalue weighted by molar-refractivity contribution is 0.0787. The van der Waals surface area contributed by atoms with E-state index in [-0.39, 0.29) is 11.7 Å². The number of benzene rings is 2. The van der Waals surface area contributed by atoms with Gasteiger partial charge in [-0.05, 0) is 61.1 Å². The normalized spacial score (nSPS) is 17.0. The van der Waals surface area contributed by atoms with Gasteiger partial charge in [0.25, 0.3) is 5.91 Å². The van der Waals surface area contributed by atoms with Crippen LogP contribution in [0.1, 0.15) is 27.9 Å². The van der Waals surface area contributed by atoms with E-state index in [4.69, 9.17) is 0 Å². The smallest absolute Gasteiger partial charge is 0.253 e. The summed E-state index contributed by atoms with van der Waals surface area (Å²) in [5, 5.41) is 0. The summed E-state index contributed by atoms with van der Waals surface area (Å²) in [7, 11) is 3.94. The van der Waals surface area contributed by atoms with Crippen molar-refractivity contribution in [2.24, 2.45) is 5.92 Å². The Bertz CT molecular complexity index is 772. The first-order chi connectivity index (χ1) is 11.9. The second-order valence-corrected chi connectivity index (χ2v) is 7.14. The van der Waals surface area contributed by atoms with Gasteiger partial charge in [-0.3, -0.25) is 4.79 Å². The first-order valence-corrected chi connectivity index (χ1v) is 8.75. The molecule has 0 radical (unpaired) electrons. The summed E-state index contributed by atoms with van der Waals surface area (Å²) >= 11 is 0. The Morgan fingerprint density at radius 2 is 2.04 bits per heavy atom. The Morgan fingerprint density at radius 1 is 1.24 bits per heavy atom. The molecule has 0 aromatic heterocycles. The van der Waals surface area contributed by atoms with Gasteiger partial charge < -0.3 is 9.80 Å². The van der Waals surface area contributed by atoms with Gasteiger partial charge in [-0.1, -0.05) is 18.2 Å². The van der Waals surface area contributed by atoms with Crippen LogP contribution in [0.15, 0.2) is 42.5 Å². The van der Waals surface area contributed by atoms with Crippen LogP contribution >= 0.6 is 0 Å². The number of hydrogen-bond donors (Lipinski definition) is 0. The number of aryl methyl sites for hydroxylation is 1. The van der Waals surface area contributed by atoms with E-state index in [0.717, 1.165) is 42.7 Å². The van der Waals surface area contributed by atoms with Crippen molar-refractivity contribution < 1.29 is 9.18 Å². The maximum Gasteiger partial charge on any atom is 0.253 e. The van der Waals surface area contributed by atoms with Crippen molar-refractivity contribution in [2.45, 2.75) is 19.8 Å². The fourth-order valence-electron chi connectivity index (χ4n) is 3.38. The van der Waals surface area contributed by atoms with E-state index < -0.39 is 0 Å². The van der Waals surface area contributed by atoms with Gasteiger partial charge in [-0.2, -0.15) is 0 Å². The first kappa shape index (κ1) is 17.5. The number of likely N-dealkylation sites (tertiary alicyclic amines) is 1. The average molecular weight is 340 g/mol. The first-order valence-electron chi connectivity index (χ1n) is 8.75. The summed E-state index contributed by atoms with van der Waals surface area (Å²) in [6.45, 7) is 3.28. The SMILES string of the molecule is Cc1ccc(CC2CCN(C(=O)c3cccc(N(C)C)c3)C2)cc1F. The van der Waals surface area contributed by atoms with Gasteiger partial charge in [0.05, 0.1) is 0 Å². The van der Waals surface area contributed by atoms with Crippen molar-refractivity contribution in [1.29, 1.82) is 0 Å². The van der Waals surface area contributed by atoms with Crippen molar-refractivity contribution in [2.75, 3.05) is 32.1 Å². The molecule has 1 saturated heterocycles. The highest BCUT2D eigenvalue weighted by Gasteiger charge is 2.27. The Kier molecular flexibility index (Phi) is 5.07. The van der Waals surface area contributed by atoms with E-state index in [0.29, 0.717) is 11.5 Å². The van der Waals surface area contributed by atoms with Crippen molar-refractivity contribution in [3.05, 3.63) is 65.0 Å². The topological polar surface area (TPSA) is 23.6 Å². The van der Waals surface area contributed by atoms with Gasteiger partial charge in [-0.15, -0.1) is 0 Å². The van der Waals surface area contributed by atoms with E-state index in [9.17, 15) is 9.18 Å². The van der Waals surface area contributed by atoms with Crippen LogP contribution in [-0.2, 0) is 6.42 Å². The van der Waals surface area contributed by atoms with Crippen LogP contribution in [0.4, 0.5) is 10.1 Å². The molecule has 1 amide bonds. The molecule has 25 heavy (non-hydrogen) atoms. The lowest BCUT2D eigenvalue weighted by atomic mass is 9.98. The van der Waals surface area contributed by atoms with E-state index in [1.807, 2.05) is 60.3 Å². The molecule has 1 aliphatic rings. The van der Waals surface area contributed by atoms with E-state index in [1.165, 1.54) is 0 Å². The molecule has 0 spiro atoms. The molecule has 1 heterocycles. The molecule has 132 valence electrons. The van der Waals surface area contributed by atoms with Crippen molar-refractivity contribution >= 4 is 11.6 Å². The second-order valence-electron chi connectivity index (χ2n) is 7.14. The predicted octanol–water partition coefficient (Wildman–Crippen LogP) is 3.90. The molecule has 1 atom stereocenters. The van der Waals surface area contributed by atoms with Gasteiger partial charge in [0.2, 0.25) is 0 Å². The number of carbonyl (C=O) groups is 1. The molecular formula is C21H25FN2O. The van der Waals surface area contributed by atoms with Crippen LogP contribution in [0.25, 0.3) is 0 Å². The number of hydrogen-bond acceptors (Lipinski definition) is 2. The summed E-state index contributed by atoms with van der Waals surface area (Å²) in [6.07, 6.45) is 1.79. The van der Waals surface area contributed by atoms with Gasteiger partial charge in [0.15, 0.2) is 0 Å². The van der Waals surface area contributed by atoms with E-state index >= 15 is 0 Å². The third-order valence-electron chi connectivity index (χ3n) is 4.94. The third kappa shape index (κ3) is 4.01. The molecule has 0 N–H and O–H groups in total. The minimum absolute atomic E-state index is 0.0845. The van der Waals surface area contributed by atoms with Gasteiger partial charge >= 0.3 is 0 Å². The summed E-state index contributed by atoms with van der Waals surface area (Å²) in [4.78, 5) is 16.7. The Hall–Kier alpha value is -2.36. The maximum absolute atomic E-state index is 13.7. The molecule has 1 aliphatic heterocycles. The molecule has 0 saturated carbocycles. The molecule has 1 unspecified atom stereocenters. The molecule has 1 fully saturated rings. The fraction of sp³-hybridized carbons (Fsp3) is 0.381. The van der Waals surface area contributed by atoms with Gasteiger partial charge in [0.1, 0.15) is 5.82 Å². The van der Waals surface area contributed by atoms with Crippen LogP contribution in [0.3, 0.4) is 0 Å². The molecule has 3 nitrogen and oxygen atoms in total. The lowest BCUT2D eigenvalue weighted by Gasteiger charge is -2.19. The Balaban J connectivity index is 1.65. The van der Waals surface area contributed by atoms with Crippen molar-refractivity contribution in [1.82, 2.24) is 4.90 Å². The molecule has 0 bridgehead atoms. The number of rotatable bonds is 4. The molecular weight excluding hydrogens is 315 g/mol. The van der Waals surface area contributed by atoms with Crippen molar-refractivity contribution in [3.63, 3.8) is 0 Å². The molecule has 4 heteroatoms. The highest BCUT2D eigenvalue weighted by Crippen LogP contribution is 2.24. The zero-order chi connectivity index (χ0) is 18.0. The fourth-order valence-corrected chi connectivity index (χ4v) is 3.38. The highest BCUT2D eigenvalue weighted by atomic mass is 19.1. The summed E-state index contributed by atoms with van der Waals surface area (Å²) < 4.78 is 13.7. The highest BCUT2D eigenvalue weighted by molar-refractivity contribution is 5.95. The molecule has 0 aliphatic carbocycles. The molecule has 3 rings (SSSR count). The van der Waals surface area contributed by atoms with Gasteiger partial charge in [0, 0.05) is 38.4 Å². The molecule has 2 aromatic rings. The summed E-state index contributed by atoms with van der Waals surface area (Å²) in [5.41, 5.74) is 3.44. The molecule has 2 aromatic carbocycles. The number of nitrogens with zero attached hydrogens (tertiary/aromatic N) is 2. The zero-order valence-corrected chi connectivity index (χ0v) is 15.1. The second kappa shape index (κ2) is 7.26. The number of amides is 1. The van der Waals surface area contributed by atoms with Crippen LogP contribution in [0.5, 0.6) is 0 Å². The average Bonchev–Trinajstić information content (AvgIpc) is 3.06. The maximum atomic E-state index is 13.7. The predicted molar refractivity (Wildman–Crippen MR) is 99.6 cm³/mol. The van der Waals surface area contributed by atoms with Crippen molar-refractivity contribution in [3.8, 4) is 0 Å². The van der Waals surface area contributed by atoms with Crippen LogP contribution in [-0.4, -0.2) is 38.0 Å². The van der Waals surface area contributed by atoms with Crippen LogP contribution < -0.4 is 4.90 Å². The van der Waals surface area contributed by atoms with Gasteiger partial charge in [-0.25, -0.2) is 4.39 Å². The number of carbonyl (C=O) groups excluding carboxylic acids is 1. The number of halogens is 1. The zero-order valence-electron chi connectivity index (χ0n) is 15.1. The minimum atomic E-state index is -0.149. The van der Waals surface area contributed by atoms with E-state index in [2.05, 4.69) is 0 Å². The Labute approximate surface area is 149 Å². The lowest BCUT2D eigenvalue weighted by Crippen LogP contribution is -2.29. The minimum Gasteiger partial charge on any atom is -0.378 e. The Morgan fingerprint density at radius 3 is 2.76 bits per heavy atom. The number of anilines is 1. The largest absolute Gasteiger partial charge is 0.378 e. The monoisotopic (exact) mass is 340 g/mol. The van der Waals surface area contributed by atoms with E-state index in [1.54, 1.807) is 13.0 Å². The van der Waals surface area contributed by atoms with Crippen LogP contribution in [0, 0.1) is 18.7 Å². The quantitative estimate of drug-likeness (QED) is 0.843. The summed E-state index contributed by atoms with van der Waals surface area (Å²) in [6, 6.07) is 13.2. The standard InChI is InChI=1S/C21H25FN2O/c1-15-7-8-16(12-20(15)22)11-17-9-10-24(14-17)21(25)18-5-4-6-19(13-18)23(2)3/h4-8,12-13,17H,9-11,14H2,1-3H3. The summed E-state index contributed by atoms with van der Waals surface area (Å²) in [5.74, 6) is 0.327.